The van der Waals surface area contributed by atoms with Gasteiger partial charge in [0.1, 0.15) is 23.3 Å². The third-order valence-corrected chi connectivity index (χ3v) is 2.76. The van der Waals surface area contributed by atoms with Crippen molar-refractivity contribution in [3.05, 3.63) is 36.2 Å². The van der Waals surface area contributed by atoms with E-state index in [1.165, 1.54) is 6.33 Å². The lowest BCUT2D eigenvalue weighted by Crippen LogP contribution is -2.17. The number of hydrogen-bond donors (Lipinski definition) is 0. The highest BCUT2D eigenvalue weighted by Gasteiger charge is 2.15. The summed E-state index contributed by atoms with van der Waals surface area (Å²) in [6.07, 6.45) is 3.13. The number of hydrogen-bond acceptors (Lipinski definition) is 6. The largest absolute Gasteiger partial charge is 0.467 e. The van der Waals surface area contributed by atoms with E-state index in [4.69, 9.17) is 8.94 Å². The zero-order valence-electron chi connectivity index (χ0n) is 10.1. The molecule has 0 saturated carbocycles. The first-order chi connectivity index (χ1) is 8.75. The molecule has 0 unspecified atom stereocenters. The topological polar surface area (TPSA) is 68.2 Å². The maximum Gasteiger partial charge on any atom is 0.263 e. The average molecular weight is 244 g/mol. The van der Waals surface area contributed by atoms with Gasteiger partial charge in [-0.05, 0) is 19.1 Å². The van der Waals surface area contributed by atoms with Gasteiger partial charge >= 0.3 is 0 Å². The Morgan fingerprint density at radius 3 is 3.00 bits per heavy atom. The van der Waals surface area contributed by atoms with Gasteiger partial charge < -0.3 is 13.8 Å². The van der Waals surface area contributed by atoms with Gasteiger partial charge in [-0.15, -0.1) is 0 Å². The molecule has 0 fully saturated rings. The molecule has 0 saturated heterocycles. The first-order valence-electron chi connectivity index (χ1n) is 5.56. The van der Waals surface area contributed by atoms with Crippen LogP contribution in [0.4, 0.5) is 5.82 Å². The smallest absolute Gasteiger partial charge is 0.263 e. The number of nitrogens with zero attached hydrogens (tertiary/aromatic N) is 4. The Kier molecular flexibility index (Phi) is 2.47. The Balaban J connectivity index is 2.00. The summed E-state index contributed by atoms with van der Waals surface area (Å²) >= 11 is 0. The fraction of sp³-hybridized carbons (Fsp3) is 0.250. The molecule has 0 bridgehead atoms. The van der Waals surface area contributed by atoms with E-state index in [9.17, 15) is 0 Å². The molecule has 0 aliphatic rings. The summed E-state index contributed by atoms with van der Waals surface area (Å²) in [5.41, 5.74) is 1.29. The normalized spacial score (nSPS) is 11.0. The van der Waals surface area contributed by atoms with Crippen LogP contribution in [-0.2, 0) is 6.54 Å². The molecule has 0 atom stereocenters. The van der Waals surface area contributed by atoms with E-state index in [1.807, 2.05) is 31.0 Å². The SMILES string of the molecule is Cc1noc2ncnc(N(C)Cc3ccco3)c12. The number of aryl methyl sites for hydroxylation is 1. The van der Waals surface area contributed by atoms with Gasteiger partial charge in [-0.3, -0.25) is 0 Å². The van der Waals surface area contributed by atoms with Crippen molar-refractivity contribution in [2.75, 3.05) is 11.9 Å². The third-order valence-electron chi connectivity index (χ3n) is 2.76. The second-order valence-corrected chi connectivity index (χ2v) is 4.08. The van der Waals surface area contributed by atoms with Crippen LogP contribution in [0.1, 0.15) is 11.5 Å². The lowest BCUT2D eigenvalue weighted by Gasteiger charge is -2.16. The Hall–Kier alpha value is -2.37. The molecule has 0 N–H and O–H groups in total. The van der Waals surface area contributed by atoms with Crippen molar-refractivity contribution in [3.63, 3.8) is 0 Å². The van der Waals surface area contributed by atoms with Crippen molar-refractivity contribution in [1.82, 2.24) is 15.1 Å². The molecular formula is C12H12N4O2. The molecule has 0 amide bonds. The minimum Gasteiger partial charge on any atom is -0.467 e. The summed E-state index contributed by atoms with van der Waals surface area (Å²) in [6.45, 7) is 2.50. The Morgan fingerprint density at radius 2 is 2.22 bits per heavy atom. The highest BCUT2D eigenvalue weighted by atomic mass is 16.5. The molecule has 0 aliphatic heterocycles. The Bertz CT molecular complexity index is 660. The second-order valence-electron chi connectivity index (χ2n) is 4.08. The van der Waals surface area contributed by atoms with Crippen molar-refractivity contribution < 1.29 is 8.94 Å². The van der Waals surface area contributed by atoms with Gasteiger partial charge in [0.15, 0.2) is 0 Å². The van der Waals surface area contributed by atoms with Crippen LogP contribution < -0.4 is 4.90 Å². The monoisotopic (exact) mass is 244 g/mol. The van der Waals surface area contributed by atoms with Crippen LogP contribution in [0.2, 0.25) is 0 Å². The summed E-state index contributed by atoms with van der Waals surface area (Å²) < 4.78 is 10.4. The van der Waals surface area contributed by atoms with Crippen LogP contribution in [0.25, 0.3) is 11.1 Å². The predicted octanol–water partition coefficient (Wildman–Crippen LogP) is 2.16. The number of aromatic nitrogens is 3. The molecule has 3 rings (SSSR count). The fourth-order valence-electron chi connectivity index (χ4n) is 1.90. The maximum absolute atomic E-state index is 5.33. The van der Waals surface area contributed by atoms with Gasteiger partial charge in [-0.1, -0.05) is 5.16 Å². The number of rotatable bonds is 3. The molecule has 3 aromatic rings. The zero-order valence-corrected chi connectivity index (χ0v) is 10.1. The molecule has 3 heterocycles. The summed E-state index contributed by atoms with van der Waals surface area (Å²) in [5.74, 6) is 1.66. The second kappa shape index (κ2) is 4.14. The molecule has 6 nitrogen and oxygen atoms in total. The maximum atomic E-state index is 5.33. The fourth-order valence-corrected chi connectivity index (χ4v) is 1.90. The van der Waals surface area contributed by atoms with Crippen molar-refractivity contribution in [2.45, 2.75) is 13.5 Å². The molecule has 0 spiro atoms. The minimum atomic E-state index is 0.504. The van der Waals surface area contributed by atoms with Crippen molar-refractivity contribution in [1.29, 1.82) is 0 Å². The van der Waals surface area contributed by atoms with Crippen LogP contribution in [0.3, 0.4) is 0 Å². The Labute approximate surface area is 103 Å². The molecule has 92 valence electrons. The molecule has 0 radical (unpaired) electrons. The van der Waals surface area contributed by atoms with Gasteiger partial charge in [0.05, 0.1) is 18.5 Å². The standard InChI is InChI=1S/C12H12N4O2/c1-8-10-11(13-7-14-12(10)18-15-8)16(2)6-9-4-3-5-17-9/h3-5,7H,6H2,1-2H3. The number of anilines is 1. The van der Waals surface area contributed by atoms with Gasteiger partial charge in [0.2, 0.25) is 0 Å². The molecule has 0 aliphatic carbocycles. The zero-order chi connectivity index (χ0) is 12.5. The third kappa shape index (κ3) is 1.71. The summed E-state index contributed by atoms with van der Waals surface area (Å²) in [7, 11) is 1.94. The van der Waals surface area contributed by atoms with Crippen LogP contribution >= 0.6 is 0 Å². The first-order valence-corrected chi connectivity index (χ1v) is 5.56. The quantitative estimate of drug-likeness (QED) is 0.703. The van der Waals surface area contributed by atoms with E-state index < -0.39 is 0 Å². The van der Waals surface area contributed by atoms with Crippen LogP contribution in [0.15, 0.2) is 33.7 Å². The van der Waals surface area contributed by atoms with Gasteiger partial charge in [0, 0.05) is 7.05 Å². The number of fused-ring (bicyclic) bond motifs is 1. The van der Waals surface area contributed by atoms with Crippen molar-refractivity contribution in [3.8, 4) is 0 Å². The average Bonchev–Trinajstić information content (AvgIpc) is 2.99. The van der Waals surface area contributed by atoms with E-state index in [-0.39, 0.29) is 0 Å². The molecule has 3 aromatic heterocycles. The summed E-state index contributed by atoms with van der Waals surface area (Å²) in [5, 5.41) is 4.75. The van der Waals surface area contributed by atoms with Gasteiger partial charge in [-0.25, -0.2) is 4.98 Å². The minimum absolute atomic E-state index is 0.504. The van der Waals surface area contributed by atoms with Crippen LogP contribution in [0, 0.1) is 6.92 Å². The van der Waals surface area contributed by atoms with Crippen molar-refractivity contribution in [2.24, 2.45) is 0 Å². The molecule has 6 heteroatoms. The van der Waals surface area contributed by atoms with E-state index in [2.05, 4.69) is 15.1 Å². The molecule has 18 heavy (non-hydrogen) atoms. The summed E-state index contributed by atoms with van der Waals surface area (Å²) in [6, 6.07) is 3.79. The van der Waals surface area contributed by atoms with Crippen molar-refractivity contribution >= 4 is 16.9 Å². The van der Waals surface area contributed by atoms with Crippen LogP contribution in [0.5, 0.6) is 0 Å². The van der Waals surface area contributed by atoms with Crippen LogP contribution in [-0.4, -0.2) is 22.2 Å². The van der Waals surface area contributed by atoms with E-state index >= 15 is 0 Å². The molecular weight excluding hydrogens is 232 g/mol. The van der Waals surface area contributed by atoms with Gasteiger partial charge in [0.25, 0.3) is 5.71 Å². The van der Waals surface area contributed by atoms with Gasteiger partial charge in [-0.2, -0.15) is 4.98 Å². The lowest BCUT2D eigenvalue weighted by molar-refractivity contribution is 0.442. The number of furan rings is 1. The summed E-state index contributed by atoms with van der Waals surface area (Å²) in [4.78, 5) is 10.3. The Morgan fingerprint density at radius 1 is 1.33 bits per heavy atom. The highest BCUT2D eigenvalue weighted by molar-refractivity contribution is 5.87. The highest BCUT2D eigenvalue weighted by Crippen LogP contribution is 2.25. The predicted molar refractivity (Wildman–Crippen MR) is 65.2 cm³/mol. The molecule has 0 aromatic carbocycles. The first kappa shape index (κ1) is 10.8. The lowest BCUT2D eigenvalue weighted by atomic mass is 10.3. The van der Waals surface area contributed by atoms with E-state index in [0.29, 0.717) is 12.3 Å². The van der Waals surface area contributed by atoms with E-state index in [1.54, 1.807) is 6.26 Å². The van der Waals surface area contributed by atoms with E-state index in [0.717, 1.165) is 22.7 Å².